The van der Waals surface area contributed by atoms with Gasteiger partial charge in [0.1, 0.15) is 18.4 Å². The summed E-state index contributed by atoms with van der Waals surface area (Å²) in [4.78, 5) is 22.6. The lowest BCUT2D eigenvalue weighted by Gasteiger charge is -2.17. The van der Waals surface area contributed by atoms with Gasteiger partial charge in [-0.1, -0.05) is 18.2 Å². The number of aliphatic hydroxyl groups excluding tert-OH is 1. The van der Waals surface area contributed by atoms with Crippen molar-refractivity contribution in [1.29, 1.82) is 0 Å². The zero-order valence-corrected chi connectivity index (χ0v) is 14.4. The predicted molar refractivity (Wildman–Crippen MR) is 89.6 cm³/mol. The van der Waals surface area contributed by atoms with Crippen LogP contribution in [0, 0.1) is 6.92 Å². The third-order valence-electron chi connectivity index (χ3n) is 2.98. The largest absolute Gasteiger partial charge is 0.491 e. The number of amides is 1. The van der Waals surface area contributed by atoms with Gasteiger partial charge in [0.25, 0.3) is 0 Å². The summed E-state index contributed by atoms with van der Waals surface area (Å²) in [7, 11) is 1.27. The molecule has 1 unspecified atom stereocenters. The van der Waals surface area contributed by atoms with Crippen molar-refractivity contribution in [3.05, 3.63) is 29.8 Å². The van der Waals surface area contributed by atoms with Crippen LogP contribution in [0.4, 0.5) is 0 Å². The molecule has 0 saturated carbocycles. The Morgan fingerprint density at radius 1 is 1.30 bits per heavy atom. The molecule has 0 spiro atoms. The number of hydrogen-bond donors (Lipinski definition) is 2. The van der Waals surface area contributed by atoms with Crippen molar-refractivity contribution in [1.82, 2.24) is 5.32 Å². The zero-order valence-electron chi connectivity index (χ0n) is 13.6. The number of hydrogen-bond acceptors (Lipinski definition) is 6. The van der Waals surface area contributed by atoms with Crippen LogP contribution in [0.15, 0.2) is 24.3 Å². The molecule has 1 rings (SSSR count). The van der Waals surface area contributed by atoms with Crippen molar-refractivity contribution >= 4 is 23.6 Å². The molecule has 0 radical (unpaired) electrons. The summed E-state index contributed by atoms with van der Waals surface area (Å²) in [6, 6.07) is 6.86. The number of esters is 1. The van der Waals surface area contributed by atoms with Gasteiger partial charge in [0.2, 0.25) is 5.91 Å². The highest BCUT2D eigenvalue weighted by Gasteiger charge is 2.20. The van der Waals surface area contributed by atoms with Crippen molar-refractivity contribution in [3.63, 3.8) is 0 Å². The quantitative estimate of drug-likeness (QED) is 0.656. The van der Waals surface area contributed by atoms with Crippen LogP contribution in [0.3, 0.4) is 0 Å². The molecule has 7 heteroatoms. The van der Waals surface area contributed by atoms with Crippen LogP contribution in [0.1, 0.15) is 12.5 Å². The van der Waals surface area contributed by atoms with Gasteiger partial charge >= 0.3 is 5.97 Å². The van der Waals surface area contributed by atoms with Crippen LogP contribution in [-0.4, -0.2) is 54.4 Å². The second kappa shape index (κ2) is 10.1. The minimum Gasteiger partial charge on any atom is -0.491 e. The van der Waals surface area contributed by atoms with Crippen LogP contribution < -0.4 is 10.1 Å². The summed E-state index contributed by atoms with van der Waals surface area (Å²) in [6.07, 6.45) is -0.671. The lowest BCUT2D eigenvalue weighted by atomic mass is 10.2. The van der Waals surface area contributed by atoms with Gasteiger partial charge in [-0.25, -0.2) is 4.79 Å². The van der Waals surface area contributed by atoms with E-state index in [1.165, 1.54) is 25.8 Å². The molecule has 1 aromatic carbocycles. The molecule has 0 saturated heterocycles. The second-order valence-corrected chi connectivity index (χ2v) is 6.12. The predicted octanol–water partition coefficient (Wildman–Crippen LogP) is 1.15. The molecule has 2 N–H and O–H groups in total. The van der Waals surface area contributed by atoms with Crippen molar-refractivity contribution in [2.24, 2.45) is 0 Å². The molecule has 1 amide bonds. The number of benzene rings is 1. The summed E-state index contributed by atoms with van der Waals surface area (Å²) in [5, 5.41) is 12.5. The minimum atomic E-state index is -0.716. The molecule has 0 aliphatic heterocycles. The molecule has 2 atom stereocenters. The van der Waals surface area contributed by atoms with Gasteiger partial charge in [-0.15, -0.1) is 0 Å². The van der Waals surface area contributed by atoms with Gasteiger partial charge in [0, 0.05) is 18.4 Å². The number of aliphatic hydroxyl groups is 1. The monoisotopic (exact) mass is 341 g/mol. The Labute approximate surface area is 140 Å². The van der Waals surface area contributed by atoms with Crippen LogP contribution in [0.5, 0.6) is 5.75 Å². The maximum absolute atomic E-state index is 11.5. The molecule has 23 heavy (non-hydrogen) atoms. The maximum Gasteiger partial charge on any atom is 0.329 e. The van der Waals surface area contributed by atoms with Crippen molar-refractivity contribution in [2.45, 2.75) is 26.0 Å². The van der Waals surface area contributed by atoms with Crippen molar-refractivity contribution in [3.8, 4) is 5.75 Å². The SMILES string of the molecule is COC(=O)[C@H](CSCC(O)COc1ccccc1C)NC(C)=O. The lowest BCUT2D eigenvalue weighted by molar-refractivity contribution is -0.144. The molecule has 0 bridgehead atoms. The highest BCUT2D eigenvalue weighted by molar-refractivity contribution is 7.99. The van der Waals surface area contributed by atoms with E-state index in [1.807, 2.05) is 31.2 Å². The number of methoxy groups -OCH3 is 1. The molecule has 0 heterocycles. The average molecular weight is 341 g/mol. The number of carbonyl (C=O) groups excluding carboxylic acids is 2. The number of rotatable bonds is 9. The third kappa shape index (κ3) is 7.38. The number of ether oxygens (including phenoxy) is 2. The molecular weight excluding hydrogens is 318 g/mol. The van der Waals surface area contributed by atoms with Gasteiger partial charge in [0.05, 0.1) is 13.2 Å². The fourth-order valence-corrected chi connectivity index (χ4v) is 2.79. The van der Waals surface area contributed by atoms with Gasteiger partial charge in [0.15, 0.2) is 0 Å². The van der Waals surface area contributed by atoms with E-state index in [2.05, 4.69) is 10.1 Å². The van der Waals surface area contributed by atoms with Crippen molar-refractivity contribution in [2.75, 3.05) is 25.2 Å². The first-order valence-electron chi connectivity index (χ1n) is 7.23. The molecule has 6 nitrogen and oxygen atoms in total. The van der Waals surface area contributed by atoms with E-state index in [9.17, 15) is 14.7 Å². The fraction of sp³-hybridized carbons (Fsp3) is 0.500. The van der Waals surface area contributed by atoms with E-state index in [0.29, 0.717) is 11.5 Å². The maximum atomic E-state index is 11.5. The van der Waals surface area contributed by atoms with E-state index in [1.54, 1.807) is 0 Å². The van der Waals surface area contributed by atoms with Gasteiger partial charge in [-0.05, 0) is 18.6 Å². The van der Waals surface area contributed by atoms with E-state index in [0.717, 1.165) is 11.3 Å². The molecule has 128 valence electrons. The molecule has 0 aromatic heterocycles. The third-order valence-corrected chi connectivity index (χ3v) is 4.17. The van der Waals surface area contributed by atoms with Crippen LogP contribution in [-0.2, 0) is 14.3 Å². The van der Waals surface area contributed by atoms with Crippen LogP contribution in [0.25, 0.3) is 0 Å². The Bertz CT molecular complexity index is 523. The summed E-state index contributed by atoms with van der Waals surface area (Å²) in [5.74, 6) is 0.650. The summed E-state index contributed by atoms with van der Waals surface area (Å²) in [5.41, 5.74) is 1.00. The molecule has 0 aliphatic carbocycles. The minimum absolute atomic E-state index is 0.168. The van der Waals surface area contributed by atoms with E-state index in [-0.39, 0.29) is 12.5 Å². The van der Waals surface area contributed by atoms with E-state index in [4.69, 9.17) is 4.74 Å². The van der Waals surface area contributed by atoms with Crippen molar-refractivity contribution < 1.29 is 24.2 Å². The summed E-state index contributed by atoms with van der Waals surface area (Å²) in [6.45, 7) is 3.44. The highest BCUT2D eigenvalue weighted by atomic mass is 32.2. The first-order valence-corrected chi connectivity index (χ1v) is 8.38. The fourth-order valence-electron chi connectivity index (χ4n) is 1.83. The highest BCUT2D eigenvalue weighted by Crippen LogP contribution is 2.17. The summed E-state index contributed by atoms with van der Waals surface area (Å²) < 4.78 is 10.2. The smallest absolute Gasteiger partial charge is 0.329 e. The van der Waals surface area contributed by atoms with E-state index >= 15 is 0 Å². The average Bonchev–Trinajstić information content (AvgIpc) is 2.52. The van der Waals surface area contributed by atoms with Crippen LogP contribution in [0.2, 0.25) is 0 Å². The molecule has 0 fully saturated rings. The number of carbonyl (C=O) groups is 2. The van der Waals surface area contributed by atoms with Gasteiger partial charge < -0.3 is 19.9 Å². The van der Waals surface area contributed by atoms with Gasteiger partial charge in [-0.2, -0.15) is 11.8 Å². The second-order valence-electron chi connectivity index (χ2n) is 5.04. The number of aryl methyl sites for hydroxylation is 1. The molecule has 1 aromatic rings. The molecular formula is C16H23NO5S. The van der Waals surface area contributed by atoms with E-state index < -0.39 is 18.1 Å². The lowest BCUT2D eigenvalue weighted by Crippen LogP contribution is -2.42. The number of thioether (sulfide) groups is 1. The topological polar surface area (TPSA) is 84.9 Å². The Morgan fingerprint density at radius 3 is 2.61 bits per heavy atom. The molecule has 0 aliphatic rings. The Morgan fingerprint density at radius 2 is 2.00 bits per heavy atom. The first kappa shape index (κ1) is 19.3. The standard InChI is InChI=1S/C16H23NO5S/c1-11-6-4-5-7-15(11)22-8-13(19)9-23-10-14(16(20)21-3)17-12(2)18/h4-7,13-14,19H,8-10H2,1-3H3,(H,17,18)/t13?,14-/m0/s1. The Kier molecular flexibility index (Phi) is 8.50. The normalized spacial score (nSPS) is 13.0. The number of nitrogens with one attached hydrogen (secondary N) is 1. The Balaban J connectivity index is 2.34. The Hall–Kier alpha value is -1.73. The first-order chi connectivity index (χ1) is 10.9. The summed E-state index contributed by atoms with van der Waals surface area (Å²) >= 11 is 1.35. The zero-order chi connectivity index (χ0) is 17.2. The van der Waals surface area contributed by atoms with Gasteiger partial charge in [-0.3, -0.25) is 4.79 Å². The number of para-hydroxylation sites is 1. The van der Waals surface area contributed by atoms with Crippen LogP contribution >= 0.6 is 11.8 Å².